The van der Waals surface area contributed by atoms with E-state index in [1.807, 2.05) is 24.1 Å². The molecule has 0 aliphatic carbocycles. The summed E-state index contributed by atoms with van der Waals surface area (Å²) in [6, 6.07) is 8.05. The van der Waals surface area contributed by atoms with Crippen LogP contribution < -0.4 is 9.64 Å². The van der Waals surface area contributed by atoms with Gasteiger partial charge in [-0.05, 0) is 37.1 Å². The average Bonchev–Trinajstić information content (AvgIpc) is 2.89. The van der Waals surface area contributed by atoms with Crippen LogP contribution in [-0.2, 0) is 9.59 Å². The maximum absolute atomic E-state index is 12.8. The van der Waals surface area contributed by atoms with Gasteiger partial charge >= 0.3 is 0 Å². The first-order valence-corrected chi connectivity index (χ1v) is 9.00. The van der Waals surface area contributed by atoms with Crippen molar-refractivity contribution in [1.82, 2.24) is 9.80 Å². The molecule has 2 aliphatic rings. The van der Waals surface area contributed by atoms with Crippen LogP contribution in [0.25, 0.3) is 0 Å². The molecule has 1 atom stereocenters. The van der Waals surface area contributed by atoms with Crippen molar-refractivity contribution < 1.29 is 14.3 Å². The molecule has 1 aromatic carbocycles. The van der Waals surface area contributed by atoms with Crippen LogP contribution >= 0.6 is 0 Å². The van der Waals surface area contributed by atoms with E-state index in [1.54, 1.807) is 12.0 Å². The van der Waals surface area contributed by atoms with E-state index in [2.05, 4.69) is 17.0 Å². The Bertz CT molecular complexity index is 617. The van der Waals surface area contributed by atoms with Crippen LogP contribution in [0.3, 0.4) is 0 Å². The molecule has 25 heavy (non-hydrogen) atoms. The van der Waals surface area contributed by atoms with Crippen LogP contribution in [0.2, 0.25) is 0 Å². The molecule has 2 heterocycles. The highest BCUT2D eigenvalue weighted by Gasteiger charge is 2.32. The first-order valence-electron chi connectivity index (χ1n) is 9.00. The van der Waals surface area contributed by atoms with E-state index in [0.29, 0.717) is 19.5 Å². The molecule has 0 N–H and O–H groups in total. The number of hydrogen-bond acceptors (Lipinski definition) is 4. The van der Waals surface area contributed by atoms with Crippen LogP contribution in [0, 0.1) is 5.92 Å². The Hall–Kier alpha value is -2.24. The van der Waals surface area contributed by atoms with E-state index >= 15 is 0 Å². The van der Waals surface area contributed by atoms with Gasteiger partial charge in [-0.2, -0.15) is 0 Å². The molecular formula is C19H27N3O3. The van der Waals surface area contributed by atoms with Gasteiger partial charge in [-0.1, -0.05) is 0 Å². The van der Waals surface area contributed by atoms with Crippen molar-refractivity contribution in [3.8, 4) is 5.75 Å². The second kappa shape index (κ2) is 7.76. The van der Waals surface area contributed by atoms with Crippen LogP contribution in [-0.4, -0.2) is 68.5 Å². The summed E-state index contributed by atoms with van der Waals surface area (Å²) in [5, 5.41) is 0. The van der Waals surface area contributed by atoms with Gasteiger partial charge in [0.1, 0.15) is 5.75 Å². The molecule has 2 aliphatic heterocycles. The topological polar surface area (TPSA) is 53.1 Å². The van der Waals surface area contributed by atoms with E-state index in [9.17, 15) is 9.59 Å². The second-order valence-electron chi connectivity index (χ2n) is 6.87. The number of ether oxygens (including phenoxy) is 1. The Labute approximate surface area is 149 Å². The van der Waals surface area contributed by atoms with E-state index in [0.717, 1.165) is 43.9 Å². The Balaban J connectivity index is 1.59. The lowest BCUT2D eigenvalue weighted by Crippen LogP contribution is -2.44. The van der Waals surface area contributed by atoms with Crippen LogP contribution in [0.15, 0.2) is 24.3 Å². The third-order valence-electron chi connectivity index (χ3n) is 5.25. The van der Waals surface area contributed by atoms with Gasteiger partial charge < -0.3 is 19.4 Å². The third-order valence-corrected chi connectivity index (χ3v) is 5.25. The lowest BCUT2D eigenvalue weighted by atomic mass is 9.95. The third kappa shape index (κ3) is 4.06. The lowest BCUT2D eigenvalue weighted by Gasteiger charge is -2.31. The highest BCUT2D eigenvalue weighted by Crippen LogP contribution is 2.23. The molecule has 6 heteroatoms. The number of anilines is 1. The summed E-state index contributed by atoms with van der Waals surface area (Å²) >= 11 is 0. The summed E-state index contributed by atoms with van der Waals surface area (Å²) < 4.78 is 5.21. The van der Waals surface area contributed by atoms with Crippen molar-refractivity contribution in [1.29, 1.82) is 0 Å². The van der Waals surface area contributed by atoms with Gasteiger partial charge in [-0.25, -0.2) is 0 Å². The fourth-order valence-electron chi connectivity index (χ4n) is 3.60. The second-order valence-corrected chi connectivity index (χ2v) is 6.87. The number of benzene rings is 1. The van der Waals surface area contributed by atoms with E-state index in [1.165, 1.54) is 0 Å². The first kappa shape index (κ1) is 17.6. The normalized spacial score (nSPS) is 21.9. The molecule has 0 radical (unpaired) electrons. The number of rotatable bonds is 3. The fourth-order valence-corrected chi connectivity index (χ4v) is 3.60. The molecule has 0 bridgehead atoms. The summed E-state index contributed by atoms with van der Waals surface area (Å²) in [6.45, 7) is 3.92. The monoisotopic (exact) mass is 345 g/mol. The maximum atomic E-state index is 12.8. The number of likely N-dealkylation sites (tertiary alicyclic amines) is 1. The number of hydrogen-bond donors (Lipinski definition) is 0. The van der Waals surface area contributed by atoms with Crippen molar-refractivity contribution in [2.24, 2.45) is 5.92 Å². The van der Waals surface area contributed by atoms with Crippen molar-refractivity contribution in [2.75, 3.05) is 51.8 Å². The number of piperidine rings is 1. The number of amides is 2. The summed E-state index contributed by atoms with van der Waals surface area (Å²) in [5.41, 5.74) is 1.16. The largest absolute Gasteiger partial charge is 0.497 e. The number of carbonyl (C=O) groups is 2. The molecule has 2 fully saturated rings. The zero-order valence-corrected chi connectivity index (χ0v) is 15.1. The van der Waals surface area contributed by atoms with E-state index in [-0.39, 0.29) is 17.7 Å². The Morgan fingerprint density at radius 3 is 2.52 bits per heavy atom. The maximum Gasteiger partial charge on any atom is 0.226 e. The van der Waals surface area contributed by atoms with Crippen molar-refractivity contribution >= 4 is 17.5 Å². The quantitative estimate of drug-likeness (QED) is 0.835. The predicted molar refractivity (Wildman–Crippen MR) is 96.8 cm³/mol. The minimum Gasteiger partial charge on any atom is -0.497 e. The van der Waals surface area contributed by atoms with Crippen LogP contribution in [0.1, 0.15) is 19.3 Å². The molecule has 2 amide bonds. The summed E-state index contributed by atoms with van der Waals surface area (Å²) in [6.07, 6.45) is 2.08. The van der Waals surface area contributed by atoms with Crippen molar-refractivity contribution in [3.05, 3.63) is 24.3 Å². The van der Waals surface area contributed by atoms with Gasteiger partial charge in [0, 0.05) is 57.8 Å². The van der Waals surface area contributed by atoms with Gasteiger partial charge in [0.2, 0.25) is 11.8 Å². The molecule has 6 nitrogen and oxygen atoms in total. The van der Waals surface area contributed by atoms with E-state index < -0.39 is 0 Å². The summed E-state index contributed by atoms with van der Waals surface area (Å²) in [7, 11) is 3.47. The van der Waals surface area contributed by atoms with Gasteiger partial charge in [0.05, 0.1) is 7.11 Å². The molecular weight excluding hydrogens is 318 g/mol. The van der Waals surface area contributed by atoms with Gasteiger partial charge in [0.25, 0.3) is 0 Å². The van der Waals surface area contributed by atoms with Crippen molar-refractivity contribution in [3.63, 3.8) is 0 Å². The number of carbonyl (C=O) groups excluding carboxylic acids is 2. The average molecular weight is 345 g/mol. The highest BCUT2D eigenvalue weighted by molar-refractivity contribution is 5.87. The smallest absolute Gasteiger partial charge is 0.226 e. The summed E-state index contributed by atoms with van der Waals surface area (Å²) in [5.74, 6) is 0.941. The minimum atomic E-state index is -0.142. The molecule has 0 spiro atoms. The zero-order valence-electron chi connectivity index (χ0n) is 15.1. The molecule has 1 aromatic rings. The molecule has 2 saturated heterocycles. The van der Waals surface area contributed by atoms with Gasteiger partial charge in [0.15, 0.2) is 0 Å². The molecule has 136 valence electrons. The SMILES string of the molecule is COc1ccc(N2CCCN(C(=O)[C@H]3CCN(C)C(=O)C3)CC2)cc1. The standard InChI is InChI=1S/C19H27N3O3/c1-20-11-8-15(14-18(20)23)19(24)22-10-3-9-21(12-13-22)16-4-6-17(25-2)7-5-16/h4-7,15H,3,8-14H2,1-2H3/t15-/m0/s1. The van der Waals surface area contributed by atoms with E-state index in [4.69, 9.17) is 4.74 Å². The Morgan fingerprint density at radius 1 is 1.08 bits per heavy atom. The van der Waals surface area contributed by atoms with Crippen LogP contribution in [0.4, 0.5) is 5.69 Å². The Kier molecular flexibility index (Phi) is 5.46. The Morgan fingerprint density at radius 2 is 1.84 bits per heavy atom. The fraction of sp³-hybridized carbons (Fsp3) is 0.579. The van der Waals surface area contributed by atoms with Gasteiger partial charge in [-0.15, -0.1) is 0 Å². The van der Waals surface area contributed by atoms with Gasteiger partial charge in [-0.3, -0.25) is 9.59 Å². The predicted octanol–water partition coefficient (Wildman–Crippen LogP) is 1.60. The minimum absolute atomic E-state index is 0.0827. The lowest BCUT2D eigenvalue weighted by molar-refractivity contribution is -0.144. The number of nitrogens with zero attached hydrogens (tertiary/aromatic N) is 3. The molecule has 0 unspecified atom stereocenters. The molecule has 0 aromatic heterocycles. The van der Waals surface area contributed by atoms with Crippen molar-refractivity contribution in [2.45, 2.75) is 19.3 Å². The first-order chi connectivity index (χ1) is 12.1. The zero-order chi connectivity index (χ0) is 17.8. The molecule has 0 saturated carbocycles. The summed E-state index contributed by atoms with van der Waals surface area (Å²) in [4.78, 5) is 30.7. The highest BCUT2D eigenvalue weighted by atomic mass is 16.5. The van der Waals surface area contributed by atoms with Crippen LogP contribution in [0.5, 0.6) is 5.75 Å². The molecule has 3 rings (SSSR count). The number of methoxy groups -OCH3 is 1.